The summed E-state index contributed by atoms with van der Waals surface area (Å²) >= 11 is 9.12. The SMILES string of the molecule is COC(=O)C(O)Cc1ccc(Br)c(Cl)c1. The summed E-state index contributed by atoms with van der Waals surface area (Å²) in [7, 11) is 1.24. The average molecular weight is 294 g/mol. The van der Waals surface area contributed by atoms with Gasteiger partial charge in [-0.25, -0.2) is 4.79 Å². The second kappa shape index (κ2) is 5.49. The molecule has 3 nitrogen and oxygen atoms in total. The first-order valence-corrected chi connectivity index (χ1v) is 5.41. The van der Waals surface area contributed by atoms with E-state index in [9.17, 15) is 9.90 Å². The predicted octanol–water partition coefficient (Wildman–Crippen LogP) is 2.18. The van der Waals surface area contributed by atoms with Gasteiger partial charge in [-0.3, -0.25) is 0 Å². The average Bonchev–Trinajstić information content (AvgIpc) is 2.22. The number of aliphatic hydroxyl groups is 1. The van der Waals surface area contributed by atoms with Gasteiger partial charge in [0.15, 0.2) is 6.10 Å². The zero-order valence-corrected chi connectivity index (χ0v) is 10.4. The molecule has 0 amide bonds. The number of rotatable bonds is 3. The minimum absolute atomic E-state index is 0.194. The lowest BCUT2D eigenvalue weighted by atomic mass is 10.1. The topological polar surface area (TPSA) is 46.5 Å². The van der Waals surface area contributed by atoms with Gasteiger partial charge in [-0.15, -0.1) is 0 Å². The molecule has 1 unspecified atom stereocenters. The van der Waals surface area contributed by atoms with Crippen LogP contribution in [0.15, 0.2) is 22.7 Å². The number of aliphatic hydroxyl groups excluding tert-OH is 1. The summed E-state index contributed by atoms with van der Waals surface area (Å²) in [4.78, 5) is 11.0. The number of benzene rings is 1. The van der Waals surface area contributed by atoms with E-state index in [1.165, 1.54) is 7.11 Å². The molecule has 0 aliphatic rings. The molecule has 0 aliphatic heterocycles. The van der Waals surface area contributed by atoms with Crippen LogP contribution in [0.4, 0.5) is 0 Å². The highest BCUT2D eigenvalue weighted by molar-refractivity contribution is 9.10. The Balaban J connectivity index is 2.73. The Bertz CT molecular complexity index is 368. The second-order valence-electron chi connectivity index (χ2n) is 2.99. The van der Waals surface area contributed by atoms with E-state index in [1.54, 1.807) is 18.2 Å². The Morgan fingerprint density at radius 1 is 1.67 bits per heavy atom. The van der Waals surface area contributed by atoms with E-state index in [4.69, 9.17) is 11.6 Å². The Morgan fingerprint density at radius 2 is 2.33 bits per heavy atom. The van der Waals surface area contributed by atoms with Crippen LogP contribution in [0.5, 0.6) is 0 Å². The number of halogens is 2. The molecule has 0 aliphatic carbocycles. The van der Waals surface area contributed by atoms with E-state index < -0.39 is 12.1 Å². The Labute approximate surface area is 101 Å². The number of hydrogen-bond acceptors (Lipinski definition) is 3. The smallest absolute Gasteiger partial charge is 0.335 e. The molecule has 0 bridgehead atoms. The van der Waals surface area contributed by atoms with Gasteiger partial charge >= 0.3 is 5.97 Å². The summed E-state index contributed by atoms with van der Waals surface area (Å²) in [5.41, 5.74) is 0.779. The summed E-state index contributed by atoms with van der Waals surface area (Å²) < 4.78 is 5.19. The van der Waals surface area contributed by atoms with E-state index in [2.05, 4.69) is 20.7 Å². The third kappa shape index (κ3) is 3.48. The Kier molecular flexibility index (Phi) is 4.57. The maximum absolute atomic E-state index is 11.0. The zero-order chi connectivity index (χ0) is 11.4. The minimum atomic E-state index is -1.15. The van der Waals surface area contributed by atoms with Gasteiger partial charge < -0.3 is 9.84 Å². The van der Waals surface area contributed by atoms with Gasteiger partial charge in [0.05, 0.1) is 12.1 Å². The molecule has 0 saturated carbocycles. The van der Waals surface area contributed by atoms with Crippen LogP contribution < -0.4 is 0 Å². The number of carbonyl (C=O) groups is 1. The Morgan fingerprint density at radius 3 is 2.87 bits per heavy atom. The highest BCUT2D eigenvalue weighted by atomic mass is 79.9. The minimum Gasteiger partial charge on any atom is -0.467 e. The van der Waals surface area contributed by atoms with E-state index in [0.29, 0.717) is 5.02 Å². The van der Waals surface area contributed by atoms with Crippen LogP contribution in [-0.2, 0) is 16.0 Å². The molecule has 1 rings (SSSR count). The van der Waals surface area contributed by atoms with Crippen molar-refractivity contribution in [3.8, 4) is 0 Å². The number of methoxy groups -OCH3 is 1. The number of ether oxygens (including phenoxy) is 1. The van der Waals surface area contributed by atoms with Crippen LogP contribution >= 0.6 is 27.5 Å². The molecule has 1 aromatic carbocycles. The fourth-order valence-electron chi connectivity index (χ4n) is 1.11. The van der Waals surface area contributed by atoms with Crippen LogP contribution in [0.3, 0.4) is 0 Å². The van der Waals surface area contributed by atoms with Crippen molar-refractivity contribution in [1.29, 1.82) is 0 Å². The van der Waals surface area contributed by atoms with Gasteiger partial charge in [0.1, 0.15) is 0 Å². The molecule has 1 aromatic rings. The van der Waals surface area contributed by atoms with Crippen molar-refractivity contribution >= 4 is 33.5 Å². The van der Waals surface area contributed by atoms with E-state index in [0.717, 1.165) is 10.0 Å². The lowest BCUT2D eigenvalue weighted by Crippen LogP contribution is -2.24. The first kappa shape index (κ1) is 12.5. The highest BCUT2D eigenvalue weighted by Crippen LogP contribution is 2.23. The molecule has 0 saturated heterocycles. The normalized spacial score (nSPS) is 12.3. The van der Waals surface area contributed by atoms with Crippen LogP contribution in [-0.4, -0.2) is 24.3 Å². The van der Waals surface area contributed by atoms with Gasteiger partial charge in [0.25, 0.3) is 0 Å². The molecule has 0 radical (unpaired) electrons. The monoisotopic (exact) mass is 292 g/mol. The molecule has 15 heavy (non-hydrogen) atoms. The second-order valence-corrected chi connectivity index (χ2v) is 4.25. The van der Waals surface area contributed by atoms with Gasteiger partial charge in [-0.05, 0) is 33.6 Å². The summed E-state index contributed by atoms with van der Waals surface area (Å²) in [5.74, 6) is -0.644. The van der Waals surface area contributed by atoms with Gasteiger partial charge in [0.2, 0.25) is 0 Å². The maximum atomic E-state index is 11.0. The van der Waals surface area contributed by atoms with Crippen LogP contribution in [0.2, 0.25) is 5.02 Å². The molecule has 1 atom stereocenters. The number of carbonyl (C=O) groups excluding carboxylic acids is 1. The number of hydrogen-bond donors (Lipinski definition) is 1. The summed E-state index contributed by atoms with van der Waals surface area (Å²) in [6.45, 7) is 0. The number of esters is 1. The van der Waals surface area contributed by atoms with E-state index in [1.807, 2.05) is 0 Å². The fraction of sp³-hybridized carbons (Fsp3) is 0.300. The third-order valence-electron chi connectivity index (χ3n) is 1.89. The van der Waals surface area contributed by atoms with Crippen LogP contribution in [0.25, 0.3) is 0 Å². The van der Waals surface area contributed by atoms with Crippen molar-refractivity contribution in [3.05, 3.63) is 33.3 Å². The van der Waals surface area contributed by atoms with Gasteiger partial charge in [-0.1, -0.05) is 17.7 Å². The standard InChI is InChI=1S/C10H10BrClO3/c1-15-10(14)9(13)5-6-2-3-7(11)8(12)4-6/h2-4,9,13H,5H2,1H3. The van der Waals surface area contributed by atoms with Crippen molar-refractivity contribution in [2.45, 2.75) is 12.5 Å². The fourth-order valence-corrected chi connectivity index (χ4v) is 1.56. The summed E-state index contributed by atoms with van der Waals surface area (Å²) in [6.07, 6.45) is -0.952. The Hall–Kier alpha value is -0.580. The van der Waals surface area contributed by atoms with Crippen molar-refractivity contribution in [3.63, 3.8) is 0 Å². The van der Waals surface area contributed by atoms with Gasteiger partial charge in [-0.2, -0.15) is 0 Å². The third-order valence-corrected chi connectivity index (χ3v) is 3.12. The first-order valence-electron chi connectivity index (χ1n) is 4.24. The van der Waals surface area contributed by atoms with E-state index >= 15 is 0 Å². The highest BCUT2D eigenvalue weighted by Gasteiger charge is 2.16. The van der Waals surface area contributed by atoms with Crippen molar-refractivity contribution in [2.75, 3.05) is 7.11 Å². The quantitative estimate of drug-likeness (QED) is 0.869. The predicted molar refractivity (Wildman–Crippen MR) is 60.9 cm³/mol. The molecule has 0 aromatic heterocycles. The molecule has 1 N–H and O–H groups in total. The molecular formula is C10H10BrClO3. The largest absolute Gasteiger partial charge is 0.467 e. The molecule has 0 fully saturated rings. The van der Waals surface area contributed by atoms with E-state index in [-0.39, 0.29) is 6.42 Å². The molecule has 5 heteroatoms. The first-order chi connectivity index (χ1) is 7.04. The van der Waals surface area contributed by atoms with Crippen LogP contribution in [0.1, 0.15) is 5.56 Å². The summed E-state index contributed by atoms with van der Waals surface area (Å²) in [6, 6.07) is 5.24. The molecule has 0 heterocycles. The molecule has 0 spiro atoms. The summed E-state index contributed by atoms with van der Waals surface area (Å²) in [5, 5.41) is 9.95. The van der Waals surface area contributed by atoms with Crippen molar-refractivity contribution in [2.24, 2.45) is 0 Å². The lowest BCUT2D eigenvalue weighted by Gasteiger charge is -2.08. The van der Waals surface area contributed by atoms with Gasteiger partial charge in [0, 0.05) is 10.9 Å². The molecule has 82 valence electrons. The zero-order valence-electron chi connectivity index (χ0n) is 8.04. The van der Waals surface area contributed by atoms with Crippen molar-refractivity contribution < 1.29 is 14.6 Å². The molecular weight excluding hydrogens is 283 g/mol. The van der Waals surface area contributed by atoms with Crippen molar-refractivity contribution in [1.82, 2.24) is 0 Å². The maximum Gasteiger partial charge on any atom is 0.335 e. The van der Waals surface area contributed by atoms with Crippen LogP contribution in [0, 0.1) is 0 Å². The lowest BCUT2D eigenvalue weighted by molar-refractivity contribution is -0.150.